The minimum absolute atomic E-state index is 0.161. The Bertz CT molecular complexity index is 864. The van der Waals surface area contributed by atoms with Gasteiger partial charge >= 0.3 is 0 Å². The van der Waals surface area contributed by atoms with Crippen LogP contribution >= 0.6 is 23.2 Å². The molecule has 23 heavy (non-hydrogen) atoms. The number of carbonyl (C=O) groups is 1. The second-order valence-electron chi connectivity index (χ2n) is 5.59. The molecule has 4 rings (SSSR count). The fourth-order valence-corrected chi connectivity index (χ4v) is 3.56. The molecule has 7 heteroatoms. The maximum absolute atomic E-state index is 12.8. The van der Waals surface area contributed by atoms with Gasteiger partial charge in [0.1, 0.15) is 0 Å². The van der Waals surface area contributed by atoms with Crippen molar-refractivity contribution in [2.45, 2.75) is 18.3 Å². The van der Waals surface area contributed by atoms with Crippen LogP contribution < -0.4 is 5.32 Å². The van der Waals surface area contributed by atoms with Crippen molar-refractivity contribution < 1.29 is 4.79 Å². The van der Waals surface area contributed by atoms with Crippen molar-refractivity contribution in [3.8, 4) is 0 Å². The maximum Gasteiger partial charge on any atom is 0.237 e. The Morgan fingerprint density at radius 2 is 1.91 bits per heavy atom. The van der Waals surface area contributed by atoms with Crippen molar-refractivity contribution in [1.82, 2.24) is 15.0 Å². The third-order valence-electron chi connectivity index (χ3n) is 4.12. The van der Waals surface area contributed by atoms with Crippen LogP contribution in [0.2, 0.25) is 10.0 Å². The molecule has 0 saturated heterocycles. The van der Waals surface area contributed by atoms with E-state index in [9.17, 15) is 4.79 Å². The zero-order chi connectivity index (χ0) is 16.0. The molecule has 1 aromatic carbocycles. The van der Waals surface area contributed by atoms with Gasteiger partial charge in [0.2, 0.25) is 11.9 Å². The highest BCUT2D eigenvalue weighted by Crippen LogP contribution is 2.53. The largest absolute Gasteiger partial charge is 0.322 e. The van der Waals surface area contributed by atoms with E-state index in [1.54, 1.807) is 30.5 Å². The number of nitrogens with zero attached hydrogens (tertiary/aromatic N) is 2. The van der Waals surface area contributed by atoms with Gasteiger partial charge in [-0.3, -0.25) is 10.1 Å². The summed E-state index contributed by atoms with van der Waals surface area (Å²) in [7, 11) is 0. The number of rotatable bonds is 3. The van der Waals surface area contributed by atoms with Gasteiger partial charge in [0, 0.05) is 21.8 Å². The van der Waals surface area contributed by atoms with Crippen molar-refractivity contribution in [3.05, 3.63) is 52.1 Å². The molecule has 0 aliphatic heterocycles. The average molecular weight is 347 g/mol. The van der Waals surface area contributed by atoms with Crippen LogP contribution in [-0.2, 0) is 10.2 Å². The zero-order valence-electron chi connectivity index (χ0n) is 11.9. The van der Waals surface area contributed by atoms with Gasteiger partial charge in [-0.25, -0.2) is 4.98 Å². The lowest BCUT2D eigenvalue weighted by Gasteiger charge is -2.17. The molecule has 0 spiro atoms. The molecule has 1 aliphatic rings. The number of imidazole rings is 1. The zero-order valence-corrected chi connectivity index (χ0v) is 13.4. The van der Waals surface area contributed by atoms with E-state index in [1.165, 1.54) is 0 Å². The first-order chi connectivity index (χ1) is 11.1. The van der Waals surface area contributed by atoms with Gasteiger partial charge in [-0.15, -0.1) is 0 Å². The van der Waals surface area contributed by atoms with Gasteiger partial charge in [-0.1, -0.05) is 29.3 Å². The standard InChI is InChI=1S/C16H12Cl2N4O/c17-9-3-1-4-10(18)12(9)16(6-7-16)14(23)22-15-20-11-5-2-8-19-13(11)21-15/h1-5,8H,6-7H2,(H2,19,20,21,22,23). The predicted molar refractivity (Wildman–Crippen MR) is 89.9 cm³/mol. The van der Waals surface area contributed by atoms with Gasteiger partial charge in [0.15, 0.2) is 5.65 Å². The minimum atomic E-state index is -0.679. The molecule has 2 aromatic heterocycles. The van der Waals surface area contributed by atoms with E-state index in [2.05, 4.69) is 20.3 Å². The molecule has 2 N–H and O–H groups in total. The molecule has 0 radical (unpaired) electrons. The molecule has 1 amide bonds. The number of fused-ring (bicyclic) bond motifs is 1. The summed E-state index contributed by atoms with van der Waals surface area (Å²) >= 11 is 12.5. The molecule has 1 saturated carbocycles. The summed E-state index contributed by atoms with van der Waals surface area (Å²) in [5, 5.41) is 3.85. The van der Waals surface area contributed by atoms with Crippen molar-refractivity contribution in [2.75, 3.05) is 5.32 Å². The molecule has 1 aliphatic carbocycles. The lowest BCUT2D eigenvalue weighted by Crippen LogP contribution is -2.29. The van der Waals surface area contributed by atoms with Crippen molar-refractivity contribution in [3.63, 3.8) is 0 Å². The number of aromatic nitrogens is 3. The van der Waals surface area contributed by atoms with Gasteiger partial charge in [-0.2, -0.15) is 4.98 Å². The fourth-order valence-electron chi connectivity index (χ4n) is 2.80. The van der Waals surface area contributed by atoms with E-state index in [1.807, 2.05) is 6.07 Å². The molecule has 116 valence electrons. The Balaban J connectivity index is 1.66. The fraction of sp³-hybridized carbons (Fsp3) is 0.188. The Hall–Kier alpha value is -2.11. The quantitative estimate of drug-likeness (QED) is 0.754. The second kappa shape index (κ2) is 5.22. The molecule has 0 unspecified atom stereocenters. The molecular weight excluding hydrogens is 335 g/mol. The summed E-state index contributed by atoms with van der Waals surface area (Å²) in [5.41, 5.74) is 1.34. The van der Waals surface area contributed by atoms with Gasteiger partial charge in [0.25, 0.3) is 0 Å². The summed E-state index contributed by atoms with van der Waals surface area (Å²) < 4.78 is 0. The lowest BCUT2D eigenvalue weighted by molar-refractivity contribution is -0.118. The van der Waals surface area contributed by atoms with Crippen LogP contribution in [0.4, 0.5) is 5.95 Å². The summed E-state index contributed by atoms with van der Waals surface area (Å²) in [6.45, 7) is 0. The Morgan fingerprint density at radius 1 is 1.17 bits per heavy atom. The first-order valence-corrected chi connectivity index (χ1v) is 7.92. The van der Waals surface area contributed by atoms with Crippen LogP contribution in [0.3, 0.4) is 0 Å². The SMILES string of the molecule is O=C(Nc1nc2ncccc2[nH]1)C1(c2c(Cl)cccc2Cl)CC1. The monoisotopic (exact) mass is 346 g/mol. The predicted octanol–water partition coefficient (Wildman–Crippen LogP) is 3.94. The van der Waals surface area contributed by atoms with Gasteiger partial charge in [-0.05, 0) is 37.1 Å². The molecule has 1 fully saturated rings. The third-order valence-corrected chi connectivity index (χ3v) is 4.75. The number of H-pyrrole nitrogens is 1. The van der Waals surface area contributed by atoms with E-state index in [0.29, 0.717) is 40.0 Å². The van der Waals surface area contributed by atoms with Crippen LogP contribution in [0.5, 0.6) is 0 Å². The van der Waals surface area contributed by atoms with Crippen LogP contribution in [-0.4, -0.2) is 20.9 Å². The topological polar surface area (TPSA) is 70.7 Å². The summed E-state index contributed by atoms with van der Waals surface area (Å²) in [5.74, 6) is 0.213. The number of nitrogens with one attached hydrogen (secondary N) is 2. The van der Waals surface area contributed by atoms with Crippen molar-refractivity contribution in [1.29, 1.82) is 0 Å². The Kier molecular flexibility index (Phi) is 3.28. The average Bonchev–Trinajstić information content (AvgIpc) is 3.21. The second-order valence-corrected chi connectivity index (χ2v) is 6.41. The van der Waals surface area contributed by atoms with Gasteiger partial charge in [0.05, 0.1) is 10.9 Å². The summed E-state index contributed by atoms with van der Waals surface area (Å²) in [6, 6.07) is 8.93. The maximum atomic E-state index is 12.8. The van der Waals surface area contributed by atoms with E-state index in [0.717, 1.165) is 5.52 Å². The molecule has 0 bridgehead atoms. The number of anilines is 1. The summed E-state index contributed by atoms with van der Waals surface area (Å²) in [4.78, 5) is 24.2. The highest BCUT2D eigenvalue weighted by molar-refractivity contribution is 6.37. The number of hydrogen-bond donors (Lipinski definition) is 2. The number of halogens is 2. The molecule has 2 heterocycles. The van der Waals surface area contributed by atoms with Crippen molar-refractivity contribution in [2.24, 2.45) is 0 Å². The van der Waals surface area contributed by atoms with Gasteiger partial charge < -0.3 is 4.98 Å². The highest BCUT2D eigenvalue weighted by Gasteiger charge is 2.53. The molecule has 3 aromatic rings. The van der Waals surface area contributed by atoms with E-state index < -0.39 is 5.41 Å². The number of pyridine rings is 1. The van der Waals surface area contributed by atoms with E-state index in [4.69, 9.17) is 23.2 Å². The molecule has 5 nitrogen and oxygen atoms in total. The normalized spacial score (nSPS) is 15.6. The lowest BCUT2D eigenvalue weighted by atomic mass is 9.95. The first kappa shape index (κ1) is 14.5. The third kappa shape index (κ3) is 2.36. The minimum Gasteiger partial charge on any atom is -0.322 e. The van der Waals surface area contributed by atoms with Crippen LogP contribution in [0, 0.1) is 0 Å². The Labute approximate surface area is 142 Å². The molecule has 0 atom stereocenters. The van der Waals surface area contributed by atoms with E-state index >= 15 is 0 Å². The van der Waals surface area contributed by atoms with Crippen LogP contribution in [0.25, 0.3) is 11.2 Å². The summed E-state index contributed by atoms with van der Waals surface area (Å²) in [6.07, 6.45) is 3.07. The van der Waals surface area contributed by atoms with Crippen LogP contribution in [0.1, 0.15) is 18.4 Å². The van der Waals surface area contributed by atoms with Crippen LogP contribution in [0.15, 0.2) is 36.5 Å². The molecular formula is C16H12Cl2N4O. The van der Waals surface area contributed by atoms with Crippen molar-refractivity contribution >= 4 is 46.2 Å². The number of amides is 1. The number of aromatic amines is 1. The highest BCUT2D eigenvalue weighted by atomic mass is 35.5. The smallest absolute Gasteiger partial charge is 0.237 e. The number of hydrogen-bond acceptors (Lipinski definition) is 3. The first-order valence-electron chi connectivity index (χ1n) is 7.17. The Morgan fingerprint density at radius 3 is 2.57 bits per heavy atom. The number of carbonyl (C=O) groups excluding carboxylic acids is 1. The van der Waals surface area contributed by atoms with E-state index in [-0.39, 0.29) is 5.91 Å². The number of benzene rings is 1.